The van der Waals surface area contributed by atoms with Gasteiger partial charge in [0, 0.05) is 13.3 Å². The van der Waals surface area contributed by atoms with Gasteiger partial charge in [0.25, 0.3) is 0 Å². The Morgan fingerprint density at radius 1 is 0.893 bits per heavy atom. The van der Waals surface area contributed by atoms with Crippen LogP contribution in [0.15, 0.2) is 0 Å². The van der Waals surface area contributed by atoms with Gasteiger partial charge >= 0.3 is 11.9 Å². The van der Waals surface area contributed by atoms with E-state index < -0.39 is 12.1 Å². The summed E-state index contributed by atoms with van der Waals surface area (Å²) < 4.78 is 10.8. The van der Waals surface area contributed by atoms with Gasteiger partial charge < -0.3 is 19.1 Å². The lowest BCUT2D eigenvalue weighted by Crippen LogP contribution is -2.48. The molecule has 0 bridgehead atoms. The van der Waals surface area contributed by atoms with Crippen LogP contribution in [-0.4, -0.2) is 61.6 Å². The molecular weight excluding hydrogens is 358 g/mol. The summed E-state index contributed by atoms with van der Waals surface area (Å²) in [6, 6.07) is 0. The summed E-state index contributed by atoms with van der Waals surface area (Å²) in [7, 11) is 3.66. The number of hydrogen-bond acceptors (Lipinski definition) is 5. The highest BCUT2D eigenvalue weighted by Crippen LogP contribution is 2.13. The number of hydrogen-bond donors (Lipinski definition) is 1. The van der Waals surface area contributed by atoms with Crippen molar-refractivity contribution in [3.05, 3.63) is 0 Å². The van der Waals surface area contributed by atoms with Crippen molar-refractivity contribution in [3.8, 4) is 0 Å². The molecule has 166 valence electrons. The van der Waals surface area contributed by atoms with E-state index in [0.717, 1.165) is 19.3 Å². The van der Waals surface area contributed by atoms with Crippen molar-refractivity contribution in [1.82, 2.24) is 0 Å². The van der Waals surface area contributed by atoms with Crippen LogP contribution in [0.3, 0.4) is 0 Å². The maximum atomic E-state index is 12.1. The number of ether oxygens (including phenoxy) is 2. The highest BCUT2D eigenvalue weighted by Gasteiger charge is 2.25. The smallest absolute Gasteiger partial charge is 0.306 e. The zero-order valence-electron chi connectivity index (χ0n) is 18.7. The van der Waals surface area contributed by atoms with E-state index in [1.165, 1.54) is 58.3 Å². The second-order valence-corrected chi connectivity index (χ2v) is 8.46. The van der Waals surface area contributed by atoms with Crippen LogP contribution in [0.4, 0.5) is 0 Å². The molecular formula is C22H44NO5+. The number of rotatable bonds is 18. The van der Waals surface area contributed by atoms with E-state index in [4.69, 9.17) is 9.47 Å². The Kier molecular flexibility index (Phi) is 16.1. The Balaban J connectivity index is 3.88. The average Bonchev–Trinajstić information content (AvgIpc) is 2.64. The fraction of sp³-hybridized carbons (Fsp3) is 0.909. The SMILES string of the molecule is CCCCCCCCCCCCCC(=O)OC(COC(C)=O)C[N+](C)(C)CO. The molecule has 1 N–H and O–H groups in total. The summed E-state index contributed by atoms with van der Waals surface area (Å²) in [5, 5.41) is 9.39. The first-order valence-corrected chi connectivity index (χ1v) is 11.1. The van der Waals surface area contributed by atoms with Gasteiger partial charge in [0.05, 0.1) is 14.1 Å². The van der Waals surface area contributed by atoms with Gasteiger partial charge in [0.2, 0.25) is 0 Å². The zero-order valence-corrected chi connectivity index (χ0v) is 18.7. The Labute approximate surface area is 172 Å². The van der Waals surface area contributed by atoms with Crippen molar-refractivity contribution in [3.63, 3.8) is 0 Å². The van der Waals surface area contributed by atoms with Crippen molar-refractivity contribution in [2.24, 2.45) is 0 Å². The van der Waals surface area contributed by atoms with Crippen LogP contribution >= 0.6 is 0 Å². The quantitative estimate of drug-likeness (QED) is 0.161. The van der Waals surface area contributed by atoms with Crippen LogP contribution in [0.1, 0.15) is 90.9 Å². The first-order valence-electron chi connectivity index (χ1n) is 11.1. The van der Waals surface area contributed by atoms with Gasteiger partial charge in [-0.1, -0.05) is 71.1 Å². The van der Waals surface area contributed by atoms with Crippen LogP contribution in [0, 0.1) is 0 Å². The van der Waals surface area contributed by atoms with E-state index in [9.17, 15) is 14.7 Å². The molecule has 0 saturated heterocycles. The van der Waals surface area contributed by atoms with Crippen molar-refractivity contribution in [1.29, 1.82) is 0 Å². The first-order chi connectivity index (χ1) is 13.3. The molecule has 6 heteroatoms. The molecule has 0 aliphatic rings. The van der Waals surface area contributed by atoms with Crippen molar-refractivity contribution in [2.75, 3.05) is 34.0 Å². The Hall–Kier alpha value is -1.14. The standard InChI is InChI=1S/C22H44NO5/c1-5-6-7-8-9-10-11-12-13-14-15-16-22(26)28-21(18-27-20(2)25)17-23(3,4)19-24/h21,24H,5-19H2,1-4H3/q+1. The number of aliphatic hydroxyl groups is 1. The molecule has 1 atom stereocenters. The highest BCUT2D eigenvalue weighted by molar-refractivity contribution is 5.69. The van der Waals surface area contributed by atoms with Crippen LogP contribution in [0.2, 0.25) is 0 Å². The monoisotopic (exact) mass is 402 g/mol. The van der Waals surface area contributed by atoms with E-state index in [2.05, 4.69) is 6.92 Å². The van der Waals surface area contributed by atoms with Gasteiger partial charge in [0.1, 0.15) is 13.2 Å². The first kappa shape index (κ1) is 26.9. The molecule has 0 aromatic heterocycles. The number of carbonyl (C=O) groups excluding carboxylic acids is 2. The van der Waals surface area contributed by atoms with Crippen molar-refractivity contribution < 1.29 is 28.7 Å². The third kappa shape index (κ3) is 17.0. The molecule has 28 heavy (non-hydrogen) atoms. The minimum absolute atomic E-state index is 0.0288. The number of esters is 2. The van der Waals surface area contributed by atoms with Gasteiger partial charge in [-0.2, -0.15) is 0 Å². The lowest BCUT2D eigenvalue weighted by atomic mass is 10.1. The van der Waals surface area contributed by atoms with Gasteiger partial charge in [-0.25, -0.2) is 0 Å². The van der Waals surface area contributed by atoms with Gasteiger partial charge in [0.15, 0.2) is 12.8 Å². The topological polar surface area (TPSA) is 72.8 Å². The lowest BCUT2D eigenvalue weighted by Gasteiger charge is -2.30. The van der Waals surface area contributed by atoms with Crippen molar-refractivity contribution in [2.45, 2.75) is 97.0 Å². The predicted molar refractivity (Wildman–Crippen MR) is 112 cm³/mol. The highest BCUT2D eigenvalue weighted by atomic mass is 16.6. The number of carbonyl (C=O) groups is 2. The second-order valence-electron chi connectivity index (χ2n) is 8.46. The molecule has 1 unspecified atom stereocenters. The van der Waals surface area contributed by atoms with E-state index in [1.54, 1.807) is 0 Å². The molecule has 0 aliphatic heterocycles. The molecule has 0 spiro atoms. The summed E-state index contributed by atoms with van der Waals surface area (Å²) in [6.45, 7) is 3.92. The van der Waals surface area contributed by atoms with Gasteiger partial charge in [-0.05, 0) is 6.42 Å². The van der Waals surface area contributed by atoms with E-state index in [0.29, 0.717) is 13.0 Å². The zero-order chi connectivity index (χ0) is 21.3. The summed E-state index contributed by atoms with van der Waals surface area (Å²) in [6.07, 6.45) is 13.5. The molecule has 0 rings (SSSR count). The molecule has 0 radical (unpaired) electrons. The molecule has 0 aromatic carbocycles. The molecule has 0 saturated carbocycles. The van der Waals surface area contributed by atoms with E-state index in [-0.39, 0.29) is 23.8 Å². The Morgan fingerprint density at radius 3 is 1.86 bits per heavy atom. The minimum Gasteiger partial charge on any atom is -0.462 e. The minimum atomic E-state index is -0.536. The lowest BCUT2D eigenvalue weighted by molar-refractivity contribution is -0.911. The molecule has 0 aliphatic carbocycles. The Morgan fingerprint density at radius 2 is 1.39 bits per heavy atom. The average molecular weight is 403 g/mol. The number of aliphatic hydroxyl groups excluding tert-OH is 1. The number of quaternary nitrogens is 1. The summed E-state index contributed by atoms with van der Waals surface area (Å²) in [5.74, 6) is -0.660. The molecule has 6 nitrogen and oxygen atoms in total. The fourth-order valence-corrected chi connectivity index (χ4v) is 3.12. The van der Waals surface area contributed by atoms with Crippen LogP contribution in [-0.2, 0) is 19.1 Å². The van der Waals surface area contributed by atoms with E-state index >= 15 is 0 Å². The second kappa shape index (κ2) is 16.8. The number of nitrogens with zero attached hydrogens (tertiary/aromatic N) is 1. The predicted octanol–water partition coefficient (Wildman–Crippen LogP) is 4.19. The fourth-order valence-electron chi connectivity index (χ4n) is 3.12. The van der Waals surface area contributed by atoms with Crippen LogP contribution in [0.25, 0.3) is 0 Å². The third-order valence-electron chi connectivity index (χ3n) is 4.84. The van der Waals surface area contributed by atoms with Crippen LogP contribution in [0.5, 0.6) is 0 Å². The number of unbranched alkanes of at least 4 members (excludes halogenated alkanes) is 10. The van der Waals surface area contributed by atoms with Gasteiger partial charge in [-0.15, -0.1) is 0 Å². The van der Waals surface area contributed by atoms with Crippen LogP contribution < -0.4 is 0 Å². The summed E-state index contributed by atoms with van der Waals surface area (Å²) in [5.41, 5.74) is 0. The summed E-state index contributed by atoms with van der Waals surface area (Å²) >= 11 is 0. The maximum Gasteiger partial charge on any atom is 0.306 e. The Bertz CT molecular complexity index is 412. The normalized spacial score (nSPS) is 12.6. The van der Waals surface area contributed by atoms with Gasteiger partial charge in [-0.3, -0.25) is 9.59 Å². The van der Waals surface area contributed by atoms with Crippen molar-refractivity contribution >= 4 is 11.9 Å². The molecule has 0 amide bonds. The third-order valence-corrected chi connectivity index (χ3v) is 4.84. The molecule has 0 fully saturated rings. The molecule has 0 heterocycles. The summed E-state index contributed by atoms with van der Waals surface area (Å²) in [4.78, 5) is 23.1. The van der Waals surface area contributed by atoms with E-state index in [1.807, 2.05) is 14.1 Å². The maximum absolute atomic E-state index is 12.1. The largest absolute Gasteiger partial charge is 0.462 e. The number of likely N-dealkylation sites (N-methyl/N-ethyl adjacent to an activating group) is 1. The molecule has 0 aromatic rings.